The molecular formula is C21H20N6O5S2. The van der Waals surface area contributed by atoms with Crippen LogP contribution in [0.2, 0.25) is 0 Å². The van der Waals surface area contributed by atoms with Crippen LogP contribution in [0.4, 0.5) is 5.13 Å². The maximum Gasteiger partial charge on any atom is 0.272 e. The van der Waals surface area contributed by atoms with Gasteiger partial charge in [-0.25, -0.2) is 8.42 Å². The van der Waals surface area contributed by atoms with Gasteiger partial charge in [-0.3, -0.25) is 10.1 Å². The first kappa shape index (κ1) is 23.5. The summed E-state index contributed by atoms with van der Waals surface area (Å²) in [5.74, 6) is 0.622. The molecule has 2 aromatic heterocycles. The highest BCUT2D eigenvalue weighted by molar-refractivity contribution is 7.91. The summed E-state index contributed by atoms with van der Waals surface area (Å²) in [6.07, 6.45) is 0. The molecule has 0 unspecified atom stereocenters. The molecule has 0 aliphatic carbocycles. The Labute approximate surface area is 199 Å². The third-order valence-electron chi connectivity index (χ3n) is 4.69. The van der Waals surface area contributed by atoms with E-state index in [0.717, 1.165) is 21.2 Å². The number of aromatic nitrogens is 4. The smallest absolute Gasteiger partial charge is 0.272 e. The standard InChI is InChI=1S/C21H20N6O5S2/c1-13-6-4-8-15(10-13)19(28)23-20-24-25-21(33-20)34(29,30)27(2)12-17-22-18(26-32-17)14-7-5-9-16(11-14)31-3/h4-11H,12H2,1-3H3,(H,23,24,28). The van der Waals surface area contributed by atoms with E-state index in [4.69, 9.17) is 9.26 Å². The predicted octanol–water partition coefficient (Wildman–Crippen LogP) is 2.98. The normalized spacial score (nSPS) is 11.5. The maximum atomic E-state index is 12.9. The summed E-state index contributed by atoms with van der Waals surface area (Å²) in [4.78, 5) is 16.7. The molecule has 11 nitrogen and oxygen atoms in total. The van der Waals surface area contributed by atoms with Crippen LogP contribution in [0.3, 0.4) is 0 Å². The van der Waals surface area contributed by atoms with Crippen LogP contribution in [0.5, 0.6) is 5.75 Å². The number of anilines is 1. The fourth-order valence-electron chi connectivity index (χ4n) is 2.93. The number of carbonyl (C=O) groups is 1. The number of carbonyl (C=O) groups excluding carboxylic acids is 1. The van der Waals surface area contributed by atoms with Gasteiger partial charge in [0.1, 0.15) is 5.75 Å². The summed E-state index contributed by atoms with van der Waals surface area (Å²) in [5.41, 5.74) is 2.02. The highest BCUT2D eigenvalue weighted by Gasteiger charge is 2.28. The number of rotatable bonds is 8. The van der Waals surface area contributed by atoms with E-state index < -0.39 is 15.9 Å². The molecule has 4 aromatic rings. The second-order valence-corrected chi connectivity index (χ2v) is 10.4. The zero-order valence-electron chi connectivity index (χ0n) is 18.4. The van der Waals surface area contributed by atoms with Gasteiger partial charge in [-0.1, -0.05) is 46.3 Å². The second kappa shape index (κ2) is 9.67. The van der Waals surface area contributed by atoms with Gasteiger partial charge in [0.2, 0.25) is 21.2 Å². The van der Waals surface area contributed by atoms with Crippen molar-refractivity contribution in [2.24, 2.45) is 0 Å². The summed E-state index contributed by atoms with van der Waals surface area (Å²) < 4.78 is 37.0. The van der Waals surface area contributed by atoms with Gasteiger partial charge in [-0.2, -0.15) is 9.29 Å². The number of nitrogens with one attached hydrogen (secondary N) is 1. The van der Waals surface area contributed by atoms with E-state index in [-0.39, 0.29) is 21.9 Å². The zero-order chi connectivity index (χ0) is 24.3. The van der Waals surface area contributed by atoms with Crippen molar-refractivity contribution in [3.05, 3.63) is 65.5 Å². The molecule has 0 aliphatic rings. The monoisotopic (exact) mass is 500 g/mol. The predicted molar refractivity (Wildman–Crippen MR) is 124 cm³/mol. The number of hydrogen-bond acceptors (Lipinski definition) is 10. The number of aryl methyl sites for hydroxylation is 1. The Kier molecular flexibility index (Phi) is 6.68. The lowest BCUT2D eigenvalue weighted by Gasteiger charge is -2.11. The number of methoxy groups -OCH3 is 1. The van der Waals surface area contributed by atoms with Crippen LogP contribution < -0.4 is 10.1 Å². The lowest BCUT2D eigenvalue weighted by atomic mass is 10.1. The minimum absolute atomic E-state index is 0.0663. The van der Waals surface area contributed by atoms with E-state index in [1.807, 2.05) is 13.0 Å². The van der Waals surface area contributed by atoms with E-state index in [9.17, 15) is 13.2 Å². The minimum atomic E-state index is -4.01. The van der Waals surface area contributed by atoms with Gasteiger partial charge in [0, 0.05) is 18.2 Å². The van der Waals surface area contributed by atoms with Gasteiger partial charge in [0.25, 0.3) is 15.9 Å². The van der Waals surface area contributed by atoms with Crippen LogP contribution in [0, 0.1) is 6.92 Å². The summed E-state index contributed by atoms with van der Waals surface area (Å²) in [5, 5.41) is 14.1. The van der Waals surface area contributed by atoms with E-state index in [1.54, 1.807) is 49.6 Å². The topological polar surface area (TPSA) is 140 Å². The number of sulfonamides is 1. The third-order valence-corrected chi connectivity index (χ3v) is 7.68. The Morgan fingerprint density at radius 3 is 2.74 bits per heavy atom. The maximum absolute atomic E-state index is 12.9. The quantitative estimate of drug-likeness (QED) is 0.361. The molecule has 0 fully saturated rings. The molecule has 0 spiro atoms. The first-order valence-electron chi connectivity index (χ1n) is 9.91. The Bertz CT molecular complexity index is 1430. The molecule has 0 saturated carbocycles. The van der Waals surface area contributed by atoms with E-state index in [2.05, 4.69) is 25.7 Å². The lowest BCUT2D eigenvalue weighted by Crippen LogP contribution is -2.26. The van der Waals surface area contributed by atoms with Crippen LogP contribution in [-0.2, 0) is 16.6 Å². The molecule has 2 aromatic carbocycles. The molecule has 0 saturated heterocycles. The fraction of sp³-hybridized carbons (Fsp3) is 0.190. The van der Waals surface area contributed by atoms with Gasteiger partial charge < -0.3 is 9.26 Å². The molecule has 0 aliphatic heterocycles. The van der Waals surface area contributed by atoms with Crippen molar-refractivity contribution in [3.63, 3.8) is 0 Å². The number of ether oxygens (including phenoxy) is 1. The molecule has 34 heavy (non-hydrogen) atoms. The minimum Gasteiger partial charge on any atom is -0.497 e. The third kappa shape index (κ3) is 5.11. The van der Waals surface area contributed by atoms with Crippen molar-refractivity contribution < 1.29 is 22.5 Å². The highest BCUT2D eigenvalue weighted by atomic mass is 32.2. The Morgan fingerprint density at radius 1 is 1.18 bits per heavy atom. The van der Waals surface area contributed by atoms with Crippen LogP contribution >= 0.6 is 11.3 Å². The van der Waals surface area contributed by atoms with Gasteiger partial charge in [0.05, 0.1) is 13.7 Å². The summed E-state index contributed by atoms with van der Waals surface area (Å²) in [7, 11) is -1.10. The van der Waals surface area contributed by atoms with Gasteiger partial charge >= 0.3 is 0 Å². The number of hydrogen-bond donors (Lipinski definition) is 1. The molecule has 4 rings (SSSR count). The van der Waals surface area contributed by atoms with Crippen molar-refractivity contribution in [2.75, 3.05) is 19.5 Å². The summed E-state index contributed by atoms with van der Waals surface area (Å²) in [6, 6.07) is 14.1. The average molecular weight is 501 g/mol. The number of benzene rings is 2. The Hall–Kier alpha value is -3.68. The fourth-order valence-corrected chi connectivity index (χ4v) is 5.13. The van der Waals surface area contributed by atoms with Crippen molar-refractivity contribution in [2.45, 2.75) is 17.8 Å². The van der Waals surface area contributed by atoms with Gasteiger partial charge in [-0.15, -0.1) is 10.2 Å². The molecule has 13 heteroatoms. The Balaban J connectivity index is 1.45. The zero-order valence-corrected chi connectivity index (χ0v) is 20.1. The van der Waals surface area contributed by atoms with Gasteiger partial charge in [-0.05, 0) is 31.2 Å². The Morgan fingerprint density at radius 2 is 1.97 bits per heavy atom. The number of amides is 1. The molecule has 1 N–H and O–H groups in total. The lowest BCUT2D eigenvalue weighted by molar-refractivity contribution is 0.102. The van der Waals surface area contributed by atoms with Crippen molar-refractivity contribution in [3.8, 4) is 17.1 Å². The van der Waals surface area contributed by atoms with E-state index in [1.165, 1.54) is 7.05 Å². The van der Waals surface area contributed by atoms with Crippen molar-refractivity contribution in [1.82, 2.24) is 24.6 Å². The average Bonchev–Trinajstić information content (AvgIpc) is 3.49. The molecule has 0 bridgehead atoms. The summed E-state index contributed by atoms with van der Waals surface area (Å²) in [6.45, 7) is 1.69. The largest absolute Gasteiger partial charge is 0.497 e. The van der Waals surface area contributed by atoms with E-state index in [0.29, 0.717) is 22.7 Å². The van der Waals surface area contributed by atoms with Crippen LogP contribution in [0.25, 0.3) is 11.4 Å². The molecule has 0 radical (unpaired) electrons. The van der Waals surface area contributed by atoms with Gasteiger partial charge in [0.15, 0.2) is 0 Å². The molecule has 176 valence electrons. The van der Waals surface area contributed by atoms with Crippen LogP contribution in [0.15, 0.2) is 57.4 Å². The molecule has 1 amide bonds. The van der Waals surface area contributed by atoms with Crippen molar-refractivity contribution >= 4 is 32.4 Å². The first-order valence-corrected chi connectivity index (χ1v) is 12.2. The molecule has 2 heterocycles. The van der Waals surface area contributed by atoms with Crippen LogP contribution in [0.1, 0.15) is 21.8 Å². The van der Waals surface area contributed by atoms with Crippen LogP contribution in [-0.4, -0.2) is 53.1 Å². The first-order chi connectivity index (χ1) is 16.3. The molecule has 0 atom stereocenters. The second-order valence-electron chi connectivity index (χ2n) is 7.20. The molecular weight excluding hydrogens is 480 g/mol. The van der Waals surface area contributed by atoms with E-state index >= 15 is 0 Å². The van der Waals surface area contributed by atoms with Crippen molar-refractivity contribution in [1.29, 1.82) is 0 Å². The number of nitrogens with zero attached hydrogens (tertiary/aromatic N) is 5. The summed E-state index contributed by atoms with van der Waals surface area (Å²) >= 11 is 0.748. The highest BCUT2D eigenvalue weighted by Crippen LogP contribution is 2.25. The SMILES string of the molecule is COc1cccc(-c2noc(CN(C)S(=O)(=O)c3nnc(NC(=O)c4cccc(C)c4)s3)n2)c1.